The summed E-state index contributed by atoms with van der Waals surface area (Å²) in [5.74, 6) is -0.553. The van der Waals surface area contributed by atoms with Gasteiger partial charge in [0.05, 0.1) is 0 Å². The maximum absolute atomic E-state index is 11.6. The van der Waals surface area contributed by atoms with Crippen LogP contribution in [0.5, 0.6) is 0 Å². The zero-order valence-electron chi connectivity index (χ0n) is 10.5. The second-order valence-corrected chi connectivity index (χ2v) is 3.97. The number of carbonyl (C=O) groups is 2. The number of nitrogens with two attached hydrogens (primary N) is 1. The highest BCUT2D eigenvalue weighted by molar-refractivity contribution is 5.77. The lowest BCUT2D eigenvalue weighted by Gasteiger charge is -2.16. The summed E-state index contributed by atoms with van der Waals surface area (Å²) in [6, 6.07) is 9.58. The fourth-order valence-electron chi connectivity index (χ4n) is 1.39. The number of carbonyl (C=O) groups excluding carboxylic acids is 2. The van der Waals surface area contributed by atoms with Gasteiger partial charge in [0.1, 0.15) is 6.61 Å². The molecule has 1 rings (SSSR count). The van der Waals surface area contributed by atoms with E-state index >= 15 is 0 Å². The SMILES string of the molecule is CN(OCc1ccccc1)C(=O)CCCC(N)=O. The third-order valence-electron chi connectivity index (χ3n) is 2.43. The van der Waals surface area contributed by atoms with Gasteiger partial charge in [0.2, 0.25) is 11.8 Å². The molecule has 0 radical (unpaired) electrons. The van der Waals surface area contributed by atoms with E-state index in [9.17, 15) is 9.59 Å². The van der Waals surface area contributed by atoms with Crippen LogP contribution in [0, 0.1) is 0 Å². The first-order valence-corrected chi connectivity index (χ1v) is 5.81. The lowest BCUT2D eigenvalue weighted by atomic mass is 10.2. The van der Waals surface area contributed by atoms with Gasteiger partial charge in [-0.05, 0) is 12.0 Å². The van der Waals surface area contributed by atoms with Gasteiger partial charge in [0.25, 0.3) is 0 Å². The van der Waals surface area contributed by atoms with Crippen molar-refractivity contribution in [2.45, 2.75) is 25.9 Å². The zero-order chi connectivity index (χ0) is 13.4. The second kappa shape index (κ2) is 7.45. The largest absolute Gasteiger partial charge is 0.370 e. The minimum absolute atomic E-state index is 0.160. The lowest BCUT2D eigenvalue weighted by Crippen LogP contribution is -2.26. The van der Waals surface area contributed by atoms with Crippen LogP contribution < -0.4 is 5.73 Å². The van der Waals surface area contributed by atoms with Crippen molar-refractivity contribution < 1.29 is 14.4 Å². The molecule has 0 aliphatic carbocycles. The van der Waals surface area contributed by atoms with E-state index in [-0.39, 0.29) is 18.7 Å². The molecule has 0 atom stereocenters. The highest BCUT2D eigenvalue weighted by Crippen LogP contribution is 2.04. The fourth-order valence-corrected chi connectivity index (χ4v) is 1.39. The van der Waals surface area contributed by atoms with Crippen molar-refractivity contribution >= 4 is 11.8 Å². The molecule has 2 amide bonds. The molecular formula is C13H18N2O3. The van der Waals surface area contributed by atoms with Crippen LogP contribution in [-0.4, -0.2) is 23.9 Å². The predicted octanol–water partition coefficient (Wildman–Crippen LogP) is 1.23. The van der Waals surface area contributed by atoms with Gasteiger partial charge in [0.15, 0.2) is 0 Å². The number of primary amides is 1. The van der Waals surface area contributed by atoms with Gasteiger partial charge >= 0.3 is 0 Å². The van der Waals surface area contributed by atoms with Crippen molar-refractivity contribution in [2.24, 2.45) is 5.73 Å². The van der Waals surface area contributed by atoms with E-state index in [4.69, 9.17) is 10.6 Å². The van der Waals surface area contributed by atoms with E-state index in [1.807, 2.05) is 30.3 Å². The average molecular weight is 250 g/mol. The van der Waals surface area contributed by atoms with E-state index in [0.29, 0.717) is 13.0 Å². The Balaban J connectivity index is 2.25. The van der Waals surface area contributed by atoms with E-state index in [0.717, 1.165) is 5.56 Å². The first kappa shape index (κ1) is 14.2. The summed E-state index contributed by atoms with van der Waals surface area (Å²) in [4.78, 5) is 27.4. The number of nitrogens with zero attached hydrogens (tertiary/aromatic N) is 1. The maximum atomic E-state index is 11.6. The second-order valence-electron chi connectivity index (χ2n) is 3.97. The Hall–Kier alpha value is -1.88. The van der Waals surface area contributed by atoms with Gasteiger partial charge in [-0.3, -0.25) is 14.4 Å². The monoisotopic (exact) mass is 250 g/mol. The summed E-state index contributed by atoms with van der Waals surface area (Å²) in [6.45, 7) is 0.346. The van der Waals surface area contributed by atoms with Crippen molar-refractivity contribution in [3.63, 3.8) is 0 Å². The summed E-state index contributed by atoms with van der Waals surface area (Å²) < 4.78 is 0. The molecule has 0 aliphatic heterocycles. The fraction of sp³-hybridized carbons (Fsp3) is 0.385. The summed E-state index contributed by atoms with van der Waals surface area (Å²) in [6.07, 6.45) is 0.930. The number of hydroxylamine groups is 2. The molecule has 0 bridgehead atoms. The normalized spacial score (nSPS) is 10.1. The van der Waals surface area contributed by atoms with Gasteiger partial charge in [-0.1, -0.05) is 30.3 Å². The molecule has 1 aromatic rings. The van der Waals surface area contributed by atoms with Crippen molar-refractivity contribution in [3.05, 3.63) is 35.9 Å². The van der Waals surface area contributed by atoms with Crippen LogP contribution in [-0.2, 0) is 21.0 Å². The Morgan fingerprint density at radius 3 is 2.50 bits per heavy atom. The van der Waals surface area contributed by atoms with Gasteiger partial charge in [-0.2, -0.15) is 0 Å². The van der Waals surface area contributed by atoms with Crippen LogP contribution in [0.25, 0.3) is 0 Å². The average Bonchev–Trinajstić information content (AvgIpc) is 2.36. The molecule has 18 heavy (non-hydrogen) atoms. The van der Waals surface area contributed by atoms with Crippen molar-refractivity contribution in [2.75, 3.05) is 7.05 Å². The Bertz CT molecular complexity index is 392. The van der Waals surface area contributed by atoms with E-state index in [2.05, 4.69) is 0 Å². The number of hydrogen-bond acceptors (Lipinski definition) is 3. The Kier molecular flexibility index (Phi) is 5.87. The van der Waals surface area contributed by atoms with Crippen LogP contribution >= 0.6 is 0 Å². The molecule has 5 heteroatoms. The maximum Gasteiger partial charge on any atom is 0.245 e. The van der Waals surface area contributed by atoms with E-state index in [1.165, 1.54) is 5.06 Å². The van der Waals surface area contributed by atoms with E-state index in [1.54, 1.807) is 7.05 Å². The topological polar surface area (TPSA) is 72.6 Å². The van der Waals surface area contributed by atoms with Gasteiger partial charge < -0.3 is 5.73 Å². The molecule has 0 saturated heterocycles. The third-order valence-corrected chi connectivity index (χ3v) is 2.43. The summed E-state index contributed by atoms with van der Waals surface area (Å²) in [5.41, 5.74) is 5.99. The van der Waals surface area contributed by atoms with Crippen LogP contribution in [0.1, 0.15) is 24.8 Å². The number of amides is 2. The predicted molar refractivity (Wildman–Crippen MR) is 67.0 cm³/mol. The van der Waals surface area contributed by atoms with Crippen LogP contribution in [0.2, 0.25) is 0 Å². The molecule has 1 aromatic carbocycles. The first-order chi connectivity index (χ1) is 8.59. The Morgan fingerprint density at radius 2 is 1.89 bits per heavy atom. The van der Waals surface area contributed by atoms with Crippen LogP contribution in [0.4, 0.5) is 0 Å². The quantitative estimate of drug-likeness (QED) is 0.740. The highest BCUT2D eigenvalue weighted by atomic mass is 16.7. The van der Waals surface area contributed by atoms with E-state index < -0.39 is 5.91 Å². The zero-order valence-corrected chi connectivity index (χ0v) is 10.5. The smallest absolute Gasteiger partial charge is 0.245 e. The molecule has 0 saturated carbocycles. The van der Waals surface area contributed by atoms with Crippen molar-refractivity contribution in [1.82, 2.24) is 5.06 Å². The van der Waals surface area contributed by atoms with Crippen LogP contribution in [0.15, 0.2) is 30.3 Å². The molecule has 2 N–H and O–H groups in total. The van der Waals surface area contributed by atoms with Gasteiger partial charge in [-0.15, -0.1) is 0 Å². The molecule has 0 heterocycles. The summed E-state index contributed by atoms with van der Waals surface area (Å²) in [5, 5.41) is 1.20. The summed E-state index contributed by atoms with van der Waals surface area (Å²) in [7, 11) is 1.57. The Morgan fingerprint density at radius 1 is 1.22 bits per heavy atom. The molecule has 98 valence electrons. The molecular weight excluding hydrogens is 232 g/mol. The van der Waals surface area contributed by atoms with Gasteiger partial charge in [-0.25, -0.2) is 5.06 Å². The summed E-state index contributed by atoms with van der Waals surface area (Å²) >= 11 is 0. The van der Waals surface area contributed by atoms with Crippen molar-refractivity contribution in [1.29, 1.82) is 0 Å². The highest BCUT2D eigenvalue weighted by Gasteiger charge is 2.09. The molecule has 0 aliphatic rings. The van der Waals surface area contributed by atoms with Crippen LogP contribution in [0.3, 0.4) is 0 Å². The minimum Gasteiger partial charge on any atom is -0.370 e. The molecule has 0 aromatic heterocycles. The lowest BCUT2D eigenvalue weighted by molar-refractivity contribution is -0.182. The first-order valence-electron chi connectivity index (χ1n) is 5.81. The molecule has 5 nitrogen and oxygen atoms in total. The molecule has 0 spiro atoms. The standard InChI is InChI=1S/C13H18N2O3/c1-15(13(17)9-5-8-12(14)16)18-10-11-6-3-2-4-7-11/h2-4,6-7H,5,8-10H2,1H3,(H2,14,16). The number of hydrogen-bond donors (Lipinski definition) is 1. The molecule has 0 unspecified atom stereocenters. The number of benzene rings is 1. The third kappa shape index (κ3) is 5.45. The number of rotatable bonds is 7. The minimum atomic E-state index is -0.393. The van der Waals surface area contributed by atoms with Crippen molar-refractivity contribution in [3.8, 4) is 0 Å². The van der Waals surface area contributed by atoms with Gasteiger partial charge in [0, 0.05) is 19.9 Å². The Labute approximate surface area is 106 Å². The molecule has 0 fully saturated rings.